The van der Waals surface area contributed by atoms with Crippen LogP contribution in [-0.2, 0) is 21.8 Å². The minimum Gasteiger partial charge on any atom is -0.370 e. The highest BCUT2D eigenvalue weighted by atomic mass is 32.2. The summed E-state index contributed by atoms with van der Waals surface area (Å²) in [6, 6.07) is 0. The van der Waals surface area contributed by atoms with Crippen LogP contribution in [0.25, 0.3) is 0 Å². The van der Waals surface area contributed by atoms with E-state index in [1.165, 1.54) is 9.88 Å². The molecule has 6 nitrogen and oxygen atoms in total. The van der Waals surface area contributed by atoms with E-state index in [0.29, 0.717) is 31.8 Å². The predicted molar refractivity (Wildman–Crippen MR) is 83.0 cm³/mol. The summed E-state index contributed by atoms with van der Waals surface area (Å²) < 4.78 is 34.6. The molecule has 1 fully saturated rings. The Labute approximate surface area is 131 Å². The van der Waals surface area contributed by atoms with Crippen LogP contribution in [0.1, 0.15) is 32.0 Å². The first kappa shape index (κ1) is 15.7. The normalized spacial score (nSPS) is 22.8. The van der Waals surface area contributed by atoms with Crippen LogP contribution in [0, 0.1) is 6.92 Å². The van der Waals surface area contributed by atoms with Crippen molar-refractivity contribution in [1.29, 1.82) is 0 Å². The second kappa shape index (κ2) is 5.47. The molecule has 0 bridgehead atoms. The van der Waals surface area contributed by atoms with E-state index in [9.17, 15) is 8.42 Å². The van der Waals surface area contributed by atoms with Crippen molar-refractivity contribution < 1.29 is 13.2 Å². The molecule has 122 valence electrons. The maximum atomic E-state index is 12.7. The molecule has 1 spiro atoms. The standard InChI is InChI=1S/C15H23N3O3S/c1-12-4-9-21-15(10-12)5-7-18(8-6-15)22(19,20)14-11-17(3)13(2)16-14/h10-11H,4-9H2,1-3H3. The lowest BCUT2D eigenvalue weighted by atomic mass is 9.88. The molecule has 2 aliphatic heterocycles. The Morgan fingerprint density at radius 3 is 2.50 bits per heavy atom. The Morgan fingerprint density at radius 2 is 1.95 bits per heavy atom. The lowest BCUT2D eigenvalue weighted by Gasteiger charge is -2.41. The number of aromatic nitrogens is 2. The number of ether oxygens (including phenoxy) is 1. The highest BCUT2D eigenvalue weighted by molar-refractivity contribution is 7.89. The van der Waals surface area contributed by atoms with Crippen molar-refractivity contribution in [2.75, 3.05) is 19.7 Å². The average molecular weight is 325 g/mol. The number of hydrogen-bond donors (Lipinski definition) is 0. The molecule has 0 unspecified atom stereocenters. The number of rotatable bonds is 2. The fraction of sp³-hybridized carbons (Fsp3) is 0.667. The molecule has 1 aromatic rings. The first-order chi connectivity index (χ1) is 10.3. The third kappa shape index (κ3) is 2.73. The van der Waals surface area contributed by atoms with Gasteiger partial charge < -0.3 is 9.30 Å². The average Bonchev–Trinajstić information content (AvgIpc) is 2.80. The molecule has 0 N–H and O–H groups in total. The highest BCUT2D eigenvalue weighted by Crippen LogP contribution is 2.34. The molecule has 7 heteroatoms. The van der Waals surface area contributed by atoms with E-state index in [1.54, 1.807) is 24.7 Å². The highest BCUT2D eigenvalue weighted by Gasteiger charge is 2.39. The maximum Gasteiger partial charge on any atom is 0.262 e. The van der Waals surface area contributed by atoms with Crippen LogP contribution in [0.3, 0.4) is 0 Å². The van der Waals surface area contributed by atoms with Crippen LogP contribution in [0.4, 0.5) is 0 Å². The Hall–Kier alpha value is -1.18. The van der Waals surface area contributed by atoms with E-state index < -0.39 is 10.0 Å². The van der Waals surface area contributed by atoms with Gasteiger partial charge in [-0.1, -0.05) is 11.6 Å². The Morgan fingerprint density at radius 1 is 1.27 bits per heavy atom. The van der Waals surface area contributed by atoms with Crippen molar-refractivity contribution in [2.24, 2.45) is 7.05 Å². The molecule has 1 saturated heterocycles. The van der Waals surface area contributed by atoms with Gasteiger partial charge in [-0.25, -0.2) is 13.4 Å². The van der Waals surface area contributed by atoms with Crippen LogP contribution in [0.2, 0.25) is 0 Å². The molecule has 0 amide bonds. The SMILES string of the molecule is CC1=CC2(CCN(S(=O)(=O)c3cn(C)c(C)n3)CC2)OCC1. The van der Waals surface area contributed by atoms with E-state index >= 15 is 0 Å². The lowest BCUT2D eigenvalue weighted by Crippen LogP contribution is -2.48. The van der Waals surface area contributed by atoms with Crippen molar-refractivity contribution in [1.82, 2.24) is 13.9 Å². The summed E-state index contributed by atoms with van der Waals surface area (Å²) in [7, 11) is -1.71. The second-order valence-corrected chi connectivity index (χ2v) is 8.18. The van der Waals surface area contributed by atoms with Gasteiger partial charge in [0, 0.05) is 26.3 Å². The van der Waals surface area contributed by atoms with Crippen molar-refractivity contribution in [3.63, 3.8) is 0 Å². The van der Waals surface area contributed by atoms with Crippen LogP contribution < -0.4 is 0 Å². The van der Waals surface area contributed by atoms with Crippen LogP contribution >= 0.6 is 0 Å². The molecule has 3 rings (SSSR count). The summed E-state index contributed by atoms with van der Waals surface area (Å²) in [5.74, 6) is 0.696. The fourth-order valence-corrected chi connectivity index (χ4v) is 4.62. The Bertz CT molecular complexity index is 678. The zero-order valence-corrected chi connectivity index (χ0v) is 14.2. The molecular formula is C15H23N3O3S. The lowest BCUT2D eigenvalue weighted by molar-refractivity contribution is -0.0462. The summed E-state index contributed by atoms with van der Waals surface area (Å²) >= 11 is 0. The molecule has 1 aromatic heterocycles. The minimum absolute atomic E-state index is 0.139. The number of hydrogen-bond acceptors (Lipinski definition) is 4. The topological polar surface area (TPSA) is 64.4 Å². The number of imidazole rings is 1. The van der Waals surface area contributed by atoms with E-state index in [0.717, 1.165) is 13.0 Å². The van der Waals surface area contributed by atoms with Gasteiger partial charge in [0.05, 0.1) is 12.2 Å². The third-order valence-corrected chi connectivity index (χ3v) is 6.43. The van der Waals surface area contributed by atoms with E-state index in [-0.39, 0.29) is 10.6 Å². The third-order valence-electron chi connectivity index (χ3n) is 4.65. The van der Waals surface area contributed by atoms with Gasteiger partial charge in [-0.2, -0.15) is 4.31 Å². The summed E-state index contributed by atoms with van der Waals surface area (Å²) in [6.45, 7) is 5.59. The van der Waals surface area contributed by atoms with Gasteiger partial charge in [0.25, 0.3) is 10.0 Å². The number of sulfonamides is 1. The summed E-state index contributed by atoms with van der Waals surface area (Å²) in [6.07, 6.45) is 6.14. The Kier molecular flexibility index (Phi) is 3.91. The molecular weight excluding hydrogens is 302 g/mol. The van der Waals surface area contributed by atoms with Crippen molar-refractivity contribution in [3.8, 4) is 0 Å². The minimum atomic E-state index is -3.51. The second-order valence-electron chi connectivity index (χ2n) is 6.30. The van der Waals surface area contributed by atoms with Crippen molar-refractivity contribution in [2.45, 2.75) is 43.7 Å². The molecule has 0 atom stereocenters. The van der Waals surface area contributed by atoms with Gasteiger partial charge in [-0.05, 0) is 33.1 Å². The van der Waals surface area contributed by atoms with E-state index in [2.05, 4.69) is 18.0 Å². The van der Waals surface area contributed by atoms with Gasteiger partial charge >= 0.3 is 0 Å². The molecule has 0 radical (unpaired) electrons. The molecule has 0 aromatic carbocycles. The van der Waals surface area contributed by atoms with E-state index in [4.69, 9.17) is 4.74 Å². The monoisotopic (exact) mass is 325 g/mol. The largest absolute Gasteiger partial charge is 0.370 e. The summed E-state index contributed by atoms with van der Waals surface area (Å²) in [5, 5.41) is 0.139. The molecule has 3 heterocycles. The predicted octanol–water partition coefficient (Wildman–Crippen LogP) is 1.62. The number of nitrogens with zero attached hydrogens (tertiary/aromatic N) is 3. The van der Waals surface area contributed by atoms with Crippen LogP contribution in [-0.4, -0.2) is 47.6 Å². The molecule has 22 heavy (non-hydrogen) atoms. The summed E-state index contributed by atoms with van der Waals surface area (Å²) in [4.78, 5) is 4.16. The zero-order valence-electron chi connectivity index (χ0n) is 13.4. The zero-order chi connectivity index (χ0) is 16.0. The van der Waals surface area contributed by atoms with Gasteiger partial charge in [-0.3, -0.25) is 0 Å². The number of aryl methyl sites for hydroxylation is 2. The van der Waals surface area contributed by atoms with Gasteiger partial charge in [0.1, 0.15) is 5.82 Å². The fourth-order valence-electron chi connectivity index (χ4n) is 3.15. The molecule has 0 saturated carbocycles. The van der Waals surface area contributed by atoms with Gasteiger partial charge in [-0.15, -0.1) is 0 Å². The van der Waals surface area contributed by atoms with Crippen molar-refractivity contribution in [3.05, 3.63) is 23.7 Å². The summed E-state index contributed by atoms with van der Waals surface area (Å²) in [5.41, 5.74) is 1.07. The van der Waals surface area contributed by atoms with Crippen molar-refractivity contribution >= 4 is 10.0 Å². The van der Waals surface area contributed by atoms with Crippen LogP contribution in [0.15, 0.2) is 22.9 Å². The first-order valence-corrected chi connectivity index (χ1v) is 9.09. The smallest absolute Gasteiger partial charge is 0.262 e. The molecule has 2 aliphatic rings. The van der Waals surface area contributed by atoms with Crippen LogP contribution in [0.5, 0.6) is 0 Å². The molecule has 0 aliphatic carbocycles. The van der Waals surface area contributed by atoms with Gasteiger partial charge in [0.15, 0.2) is 5.03 Å². The number of piperidine rings is 1. The van der Waals surface area contributed by atoms with E-state index in [1.807, 2.05) is 0 Å². The van der Waals surface area contributed by atoms with Gasteiger partial charge in [0.2, 0.25) is 0 Å². The quantitative estimate of drug-likeness (QED) is 0.775. The first-order valence-electron chi connectivity index (χ1n) is 7.65. The Balaban J connectivity index is 1.77. The maximum absolute atomic E-state index is 12.7.